The quantitative estimate of drug-likeness (QED) is 0.462. The van der Waals surface area contributed by atoms with Gasteiger partial charge in [0.05, 0.1) is 13.2 Å². The third kappa shape index (κ3) is 6.92. The topological polar surface area (TPSA) is 30.5 Å². The maximum Gasteiger partial charge on any atom is 0.0700 e. The summed E-state index contributed by atoms with van der Waals surface area (Å²) in [4.78, 5) is 0. The van der Waals surface area contributed by atoms with Crippen molar-refractivity contribution in [1.82, 2.24) is 5.32 Å². The average Bonchev–Trinajstić information content (AvgIpc) is 2.34. The molecule has 0 saturated heterocycles. The van der Waals surface area contributed by atoms with E-state index in [1.54, 1.807) is 7.11 Å². The zero-order chi connectivity index (χ0) is 12.3. The zero-order valence-corrected chi connectivity index (χ0v) is 11.7. The van der Waals surface area contributed by atoms with Gasteiger partial charge in [-0.3, -0.25) is 0 Å². The Kier molecular flexibility index (Phi) is 10.9. The first kappa shape index (κ1) is 16.5. The number of methoxy groups -OCH3 is 1. The summed E-state index contributed by atoms with van der Waals surface area (Å²) in [6.45, 7) is 5.00. The Labute approximate surface area is 109 Å². The van der Waals surface area contributed by atoms with Gasteiger partial charge in [-0.25, -0.2) is 0 Å². The number of nitrogens with one attached hydrogen (secondary N) is 1. The number of hydrogen-bond donors (Lipinski definition) is 1. The number of hydrogen-bond acceptors (Lipinski definition) is 3. The summed E-state index contributed by atoms with van der Waals surface area (Å²) in [5, 5.41) is 3.40. The predicted molar refractivity (Wildman–Crippen MR) is 69.8 cm³/mol. The van der Waals surface area contributed by atoms with Gasteiger partial charge < -0.3 is 14.8 Å². The van der Waals surface area contributed by atoms with Crippen LogP contribution in [0.15, 0.2) is 0 Å². The van der Waals surface area contributed by atoms with Gasteiger partial charge in [0.2, 0.25) is 0 Å². The van der Waals surface area contributed by atoms with E-state index in [1.807, 2.05) is 0 Å². The van der Waals surface area contributed by atoms with E-state index in [1.165, 1.54) is 0 Å². The fourth-order valence-corrected chi connectivity index (χ4v) is 2.07. The Balaban J connectivity index is 3.48. The van der Waals surface area contributed by atoms with Crippen LogP contribution in [0.5, 0.6) is 0 Å². The number of alkyl halides is 2. The largest absolute Gasteiger partial charge is 0.382 e. The molecule has 0 bridgehead atoms. The van der Waals surface area contributed by atoms with Crippen LogP contribution in [0.4, 0.5) is 0 Å². The molecule has 1 N–H and O–H groups in total. The van der Waals surface area contributed by atoms with E-state index in [4.69, 9.17) is 32.7 Å². The molecule has 0 aliphatic heterocycles. The molecule has 98 valence electrons. The second-order valence-corrected chi connectivity index (χ2v) is 4.32. The standard InChI is InChI=1S/C11H23Cl2NO2/c1-3-11(9-12,10-13)14-5-4-6-16-8-7-15-2/h14H,3-10H2,1-2H3. The van der Waals surface area contributed by atoms with Crippen LogP contribution in [0.2, 0.25) is 0 Å². The molecule has 3 nitrogen and oxygen atoms in total. The Morgan fingerprint density at radius 3 is 2.31 bits per heavy atom. The molecule has 0 radical (unpaired) electrons. The van der Waals surface area contributed by atoms with Gasteiger partial charge in [0.15, 0.2) is 0 Å². The van der Waals surface area contributed by atoms with E-state index in [0.717, 1.165) is 26.0 Å². The molecule has 0 aliphatic rings. The summed E-state index contributed by atoms with van der Waals surface area (Å²) in [5.74, 6) is 1.08. The normalized spacial score (nSPS) is 12.0. The second kappa shape index (κ2) is 10.6. The summed E-state index contributed by atoms with van der Waals surface area (Å²) in [6.07, 6.45) is 1.89. The molecule has 0 fully saturated rings. The highest BCUT2D eigenvalue weighted by atomic mass is 35.5. The zero-order valence-electron chi connectivity index (χ0n) is 10.2. The Hall–Kier alpha value is 0.460. The molecular weight excluding hydrogens is 249 g/mol. The van der Waals surface area contributed by atoms with E-state index in [2.05, 4.69) is 12.2 Å². The highest BCUT2D eigenvalue weighted by Crippen LogP contribution is 2.14. The first-order valence-electron chi connectivity index (χ1n) is 5.68. The van der Waals surface area contributed by atoms with Crippen molar-refractivity contribution >= 4 is 23.2 Å². The molecule has 0 rings (SSSR count). The molecule has 0 saturated carbocycles. The van der Waals surface area contributed by atoms with Gasteiger partial charge >= 0.3 is 0 Å². The summed E-state index contributed by atoms with van der Waals surface area (Å²) in [5.41, 5.74) is -0.129. The lowest BCUT2D eigenvalue weighted by Gasteiger charge is -2.29. The Morgan fingerprint density at radius 1 is 1.12 bits per heavy atom. The van der Waals surface area contributed by atoms with Crippen molar-refractivity contribution < 1.29 is 9.47 Å². The first-order valence-corrected chi connectivity index (χ1v) is 6.75. The highest BCUT2D eigenvalue weighted by Gasteiger charge is 2.24. The smallest absolute Gasteiger partial charge is 0.0700 e. The van der Waals surface area contributed by atoms with Crippen LogP contribution >= 0.6 is 23.2 Å². The van der Waals surface area contributed by atoms with Crippen molar-refractivity contribution in [1.29, 1.82) is 0 Å². The van der Waals surface area contributed by atoms with Gasteiger partial charge in [-0.2, -0.15) is 0 Å². The van der Waals surface area contributed by atoms with Crippen molar-refractivity contribution in [3.05, 3.63) is 0 Å². The first-order chi connectivity index (χ1) is 7.74. The minimum atomic E-state index is -0.129. The fraction of sp³-hybridized carbons (Fsp3) is 1.00. The molecule has 0 unspecified atom stereocenters. The lowest BCUT2D eigenvalue weighted by Crippen LogP contribution is -2.48. The van der Waals surface area contributed by atoms with Gasteiger partial charge in [0.25, 0.3) is 0 Å². The molecule has 0 spiro atoms. The van der Waals surface area contributed by atoms with Gasteiger partial charge in [0, 0.05) is 31.0 Å². The maximum atomic E-state index is 5.91. The molecule has 0 atom stereocenters. The fourth-order valence-electron chi connectivity index (χ4n) is 1.22. The second-order valence-electron chi connectivity index (χ2n) is 3.79. The average molecular weight is 272 g/mol. The van der Waals surface area contributed by atoms with Gasteiger partial charge in [-0.05, 0) is 19.4 Å². The Morgan fingerprint density at radius 2 is 1.81 bits per heavy atom. The Bertz CT molecular complexity index is 147. The molecule has 16 heavy (non-hydrogen) atoms. The monoisotopic (exact) mass is 271 g/mol. The predicted octanol–water partition coefficient (Wildman–Crippen LogP) is 2.26. The van der Waals surface area contributed by atoms with Crippen LogP contribution < -0.4 is 5.32 Å². The summed E-state index contributed by atoms with van der Waals surface area (Å²) in [7, 11) is 1.67. The van der Waals surface area contributed by atoms with E-state index in [0.29, 0.717) is 25.0 Å². The van der Waals surface area contributed by atoms with Gasteiger partial charge in [-0.1, -0.05) is 6.92 Å². The molecule has 0 aromatic carbocycles. The molecule has 0 aliphatic carbocycles. The maximum absolute atomic E-state index is 5.91. The lowest BCUT2D eigenvalue weighted by molar-refractivity contribution is 0.0688. The van der Waals surface area contributed by atoms with Crippen LogP contribution in [0, 0.1) is 0 Å². The minimum absolute atomic E-state index is 0.129. The SMILES string of the molecule is CCC(CCl)(CCl)NCCCOCCOC. The van der Waals surface area contributed by atoms with Gasteiger partial charge in [0.1, 0.15) is 0 Å². The van der Waals surface area contributed by atoms with E-state index in [9.17, 15) is 0 Å². The van der Waals surface area contributed by atoms with Crippen molar-refractivity contribution in [3.63, 3.8) is 0 Å². The van der Waals surface area contributed by atoms with Crippen LogP contribution in [0.1, 0.15) is 19.8 Å². The van der Waals surface area contributed by atoms with Crippen LogP contribution in [0.25, 0.3) is 0 Å². The van der Waals surface area contributed by atoms with Crippen LogP contribution in [-0.2, 0) is 9.47 Å². The molecule has 5 heteroatoms. The summed E-state index contributed by atoms with van der Waals surface area (Å²) < 4.78 is 10.2. The lowest BCUT2D eigenvalue weighted by atomic mass is 10.0. The van der Waals surface area contributed by atoms with Crippen molar-refractivity contribution in [2.45, 2.75) is 25.3 Å². The molecule has 0 aromatic rings. The van der Waals surface area contributed by atoms with E-state index < -0.39 is 0 Å². The van der Waals surface area contributed by atoms with Crippen molar-refractivity contribution in [2.75, 3.05) is 45.2 Å². The third-order valence-corrected chi connectivity index (χ3v) is 3.61. The van der Waals surface area contributed by atoms with Crippen molar-refractivity contribution in [3.8, 4) is 0 Å². The molecule has 0 aromatic heterocycles. The number of ether oxygens (including phenoxy) is 2. The summed E-state index contributed by atoms with van der Waals surface area (Å²) >= 11 is 11.8. The minimum Gasteiger partial charge on any atom is -0.382 e. The van der Waals surface area contributed by atoms with Crippen molar-refractivity contribution in [2.24, 2.45) is 0 Å². The number of rotatable bonds is 11. The summed E-state index contributed by atoms with van der Waals surface area (Å²) in [6, 6.07) is 0. The van der Waals surface area contributed by atoms with Crippen LogP contribution in [-0.4, -0.2) is 50.8 Å². The van der Waals surface area contributed by atoms with E-state index in [-0.39, 0.29) is 5.54 Å². The van der Waals surface area contributed by atoms with E-state index >= 15 is 0 Å². The third-order valence-electron chi connectivity index (χ3n) is 2.59. The molecule has 0 amide bonds. The number of halogens is 2. The van der Waals surface area contributed by atoms with Gasteiger partial charge in [-0.15, -0.1) is 23.2 Å². The molecule has 0 heterocycles. The molecular formula is C11H23Cl2NO2. The van der Waals surface area contributed by atoms with Crippen LogP contribution in [0.3, 0.4) is 0 Å². The highest BCUT2D eigenvalue weighted by molar-refractivity contribution is 6.22.